The van der Waals surface area contributed by atoms with Gasteiger partial charge in [0.05, 0.1) is 15.9 Å². The Morgan fingerprint density at radius 3 is 2.50 bits per heavy atom. The quantitative estimate of drug-likeness (QED) is 0.580. The number of amides is 2. The van der Waals surface area contributed by atoms with Crippen LogP contribution in [0.5, 0.6) is 0 Å². The molecule has 2 aromatic heterocycles. The number of anilines is 1. The molecule has 0 spiro atoms. The molecule has 2 heterocycles. The second-order valence-corrected chi connectivity index (χ2v) is 9.25. The minimum atomic E-state index is -0.195. The molecule has 0 radical (unpaired) electrons. The van der Waals surface area contributed by atoms with Crippen molar-refractivity contribution >= 4 is 39.5 Å². The van der Waals surface area contributed by atoms with Crippen molar-refractivity contribution in [2.24, 2.45) is 5.92 Å². The first kappa shape index (κ1) is 18.9. The largest absolute Gasteiger partial charge is 0.340 e. The van der Waals surface area contributed by atoms with Gasteiger partial charge in [-0.15, -0.1) is 22.7 Å². The van der Waals surface area contributed by atoms with Crippen LogP contribution in [0.4, 0.5) is 5.00 Å². The Morgan fingerprint density at radius 1 is 1.11 bits per heavy atom. The summed E-state index contributed by atoms with van der Waals surface area (Å²) in [4.78, 5) is 26.8. The molecule has 4 nitrogen and oxygen atoms in total. The molecule has 1 aliphatic carbocycles. The van der Waals surface area contributed by atoms with Crippen LogP contribution in [0.25, 0.3) is 0 Å². The van der Waals surface area contributed by atoms with Gasteiger partial charge in [-0.1, -0.05) is 35.9 Å². The first-order valence-electron chi connectivity index (χ1n) is 9.33. The highest BCUT2D eigenvalue weighted by molar-refractivity contribution is 7.18. The van der Waals surface area contributed by atoms with Crippen molar-refractivity contribution in [2.75, 3.05) is 5.32 Å². The number of hydrogen-bond donors (Lipinski definition) is 2. The fourth-order valence-corrected chi connectivity index (χ4v) is 4.85. The second-order valence-electron chi connectivity index (χ2n) is 7.22. The number of thiophene rings is 2. The highest BCUT2D eigenvalue weighted by Crippen LogP contribution is 2.33. The van der Waals surface area contributed by atoms with Gasteiger partial charge in [0.15, 0.2) is 0 Å². The molecule has 1 saturated carbocycles. The third-order valence-electron chi connectivity index (χ3n) is 4.83. The summed E-state index contributed by atoms with van der Waals surface area (Å²) >= 11 is 2.96. The van der Waals surface area contributed by atoms with E-state index in [0.717, 1.165) is 33.8 Å². The molecule has 28 heavy (non-hydrogen) atoms. The fourth-order valence-electron chi connectivity index (χ4n) is 3.07. The Bertz CT molecular complexity index is 986. The molecule has 2 N–H and O–H groups in total. The SMILES string of the molecule is Cc1ccc(C(NC(=O)c2sc(NC(=O)C3CC3)cc2C)c2cccs2)cc1. The zero-order valence-electron chi connectivity index (χ0n) is 15.8. The number of aryl methyl sites for hydroxylation is 2. The lowest BCUT2D eigenvalue weighted by molar-refractivity contribution is -0.117. The number of carbonyl (C=O) groups is 2. The van der Waals surface area contributed by atoms with Crippen molar-refractivity contribution in [3.8, 4) is 0 Å². The summed E-state index contributed by atoms with van der Waals surface area (Å²) in [5.74, 6) is 0.0853. The standard InChI is InChI=1S/C22H22N2O2S2/c1-13-5-7-15(8-6-13)19(17-4-3-11-27-17)24-22(26)20-14(2)12-18(28-20)23-21(25)16-9-10-16/h3-8,11-12,16,19H,9-10H2,1-2H3,(H,23,25)(H,24,26). The van der Waals surface area contributed by atoms with Crippen LogP contribution in [0, 0.1) is 19.8 Å². The maximum atomic E-state index is 13.0. The van der Waals surface area contributed by atoms with E-state index in [9.17, 15) is 9.59 Å². The summed E-state index contributed by atoms with van der Waals surface area (Å²) in [5, 5.41) is 8.88. The highest BCUT2D eigenvalue weighted by atomic mass is 32.1. The van der Waals surface area contributed by atoms with Crippen molar-refractivity contribution in [1.29, 1.82) is 0 Å². The Balaban J connectivity index is 1.55. The van der Waals surface area contributed by atoms with Crippen molar-refractivity contribution in [2.45, 2.75) is 32.7 Å². The molecule has 1 aromatic carbocycles. The van der Waals surface area contributed by atoms with Crippen LogP contribution in [0.2, 0.25) is 0 Å². The molecule has 2 amide bonds. The molecule has 0 saturated heterocycles. The Kier molecular flexibility index (Phi) is 5.33. The topological polar surface area (TPSA) is 58.2 Å². The number of benzene rings is 1. The van der Waals surface area contributed by atoms with Crippen LogP contribution in [0.3, 0.4) is 0 Å². The summed E-state index contributed by atoms with van der Waals surface area (Å²) < 4.78 is 0. The summed E-state index contributed by atoms with van der Waals surface area (Å²) in [6, 6.07) is 14.0. The molecular weight excluding hydrogens is 388 g/mol. The molecule has 3 aromatic rings. The van der Waals surface area contributed by atoms with Gasteiger partial charge in [-0.25, -0.2) is 0 Å². The summed E-state index contributed by atoms with van der Waals surface area (Å²) in [5.41, 5.74) is 3.12. The average molecular weight is 411 g/mol. The van der Waals surface area contributed by atoms with Crippen LogP contribution in [0.15, 0.2) is 47.8 Å². The first-order chi connectivity index (χ1) is 13.5. The van der Waals surface area contributed by atoms with E-state index in [1.54, 1.807) is 11.3 Å². The molecule has 1 unspecified atom stereocenters. The Morgan fingerprint density at radius 2 is 1.86 bits per heavy atom. The van der Waals surface area contributed by atoms with E-state index in [1.165, 1.54) is 16.9 Å². The van der Waals surface area contributed by atoms with Crippen LogP contribution < -0.4 is 10.6 Å². The van der Waals surface area contributed by atoms with Gasteiger partial charge in [-0.3, -0.25) is 9.59 Å². The monoisotopic (exact) mass is 410 g/mol. The maximum absolute atomic E-state index is 13.0. The molecule has 144 valence electrons. The van der Waals surface area contributed by atoms with Crippen molar-refractivity contribution in [1.82, 2.24) is 5.32 Å². The smallest absolute Gasteiger partial charge is 0.262 e. The van der Waals surface area contributed by atoms with Gasteiger partial charge in [-0.2, -0.15) is 0 Å². The van der Waals surface area contributed by atoms with Gasteiger partial charge < -0.3 is 10.6 Å². The third-order valence-corrected chi connectivity index (χ3v) is 6.92. The fraction of sp³-hybridized carbons (Fsp3) is 0.273. The lowest BCUT2D eigenvalue weighted by Crippen LogP contribution is -2.28. The molecule has 0 bridgehead atoms. The lowest BCUT2D eigenvalue weighted by atomic mass is 10.0. The van der Waals surface area contributed by atoms with Crippen LogP contribution >= 0.6 is 22.7 Å². The zero-order chi connectivity index (χ0) is 19.7. The minimum absolute atomic E-state index is 0.0596. The maximum Gasteiger partial charge on any atom is 0.262 e. The van der Waals surface area contributed by atoms with E-state index in [4.69, 9.17) is 0 Å². The molecule has 1 aliphatic rings. The molecule has 4 rings (SSSR count). The number of hydrogen-bond acceptors (Lipinski definition) is 4. The number of rotatable bonds is 6. The van der Waals surface area contributed by atoms with E-state index >= 15 is 0 Å². The highest BCUT2D eigenvalue weighted by Gasteiger charge is 2.30. The van der Waals surface area contributed by atoms with Gasteiger partial charge in [0.2, 0.25) is 5.91 Å². The van der Waals surface area contributed by atoms with E-state index < -0.39 is 0 Å². The molecule has 0 aliphatic heterocycles. The van der Waals surface area contributed by atoms with E-state index in [1.807, 2.05) is 30.5 Å². The summed E-state index contributed by atoms with van der Waals surface area (Å²) in [7, 11) is 0. The van der Waals surface area contributed by atoms with Gasteiger partial charge >= 0.3 is 0 Å². The zero-order valence-corrected chi connectivity index (χ0v) is 17.5. The predicted octanol–water partition coefficient (Wildman–Crippen LogP) is 5.29. The number of carbonyl (C=O) groups excluding carboxylic acids is 2. The lowest BCUT2D eigenvalue weighted by Gasteiger charge is -2.18. The van der Waals surface area contributed by atoms with Crippen LogP contribution in [0.1, 0.15) is 50.1 Å². The van der Waals surface area contributed by atoms with Gasteiger partial charge in [0.1, 0.15) is 0 Å². The van der Waals surface area contributed by atoms with E-state index in [0.29, 0.717) is 4.88 Å². The second kappa shape index (κ2) is 7.89. The van der Waals surface area contributed by atoms with Crippen molar-refractivity contribution in [3.05, 3.63) is 74.3 Å². The van der Waals surface area contributed by atoms with Crippen molar-refractivity contribution < 1.29 is 9.59 Å². The molecular formula is C22H22N2O2S2. The molecule has 6 heteroatoms. The number of nitrogens with one attached hydrogen (secondary N) is 2. The third kappa shape index (κ3) is 4.18. The minimum Gasteiger partial charge on any atom is -0.340 e. The summed E-state index contributed by atoms with van der Waals surface area (Å²) in [6.45, 7) is 3.96. The normalized spacial score (nSPS) is 14.5. The van der Waals surface area contributed by atoms with Crippen molar-refractivity contribution in [3.63, 3.8) is 0 Å². The van der Waals surface area contributed by atoms with E-state index in [2.05, 4.69) is 41.8 Å². The predicted molar refractivity (Wildman–Crippen MR) is 115 cm³/mol. The average Bonchev–Trinajstić information content (AvgIpc) is 3.27. The van der Waals surface area contributed by atoms with Crippen LogP contribution in [-0.4, -0.2) is 11.8 Å². The van der Waals surface area contributed by atoms with E-state index in [-0.39, 0.29) is 23.8 Å². The molecule has 1 fully saturated rings. The van der Waals surface area contributed by atoms with Crippen LogP contribution in [-0.2, 0) is 4.79 Å². The van der Waals surface area contributed by atoms with Gasteiger partial charge in [0.25, 0.3) is 5.91 Å². The van der Waals surface area contributed by atoms with Gasteiger partial charge in [0, 0.05) is 10.8 Å². The molecule has 1 atom stereocenters. The van der Waals surface area contributed by atoms with Gasteiger partial charge in [-0.05, 0) is 55.3 Å². The Labute approximate surface area is 172 Å². The summed E-state index contributed by atoms with van der Waals surface area (Å²) in [6.07, 6.45) is 1.92. The first-order valence-corrected chi connectivity index (χ1v) is 11.0. The Hall–Kier alpha value is -2.44.